The van der Waals surface area contributed by atoms with Crippen LogP contribution in [0.4, 0.5) is 35.2 Å². The Kier molecular flexibility index (Phi) is 6.34. The molecule has 1 aromatic carbocycles. The fourth-order valence-corrected chi connectivity index (χ4v) is 4.07. The molecule has 37 heavy (non-hydrogen) atoms. The molecule has 0 spiro atoms. The maximum atomic E-state index is 13.5. The maximum Gasteiger partial charge on any atom is 0.416 e. The van der Waals surface area contributed by atoms with Crippen molar-refractivity contribution in [2.24, 2.45) is 4.99 Å². The van der Waals surface area contributed by atoms with Gasteiger partial charge in [-0.2, -0.15) is 13.2 Å². The van der Waals surface area contributed by atoms with Crippen molar-refractivity contribution >= 4 is 29.2 Å². The molecule has 0 bridgehead atoms. The van der Waals surface area contributed by atoms with Crippen molar-refractivity contribution in [3.05, 3.63) is 83.1 Å². The number of carbonyl (C=O) groups excluding carboxylic acids is 1. The molecule has 4 aromatic rings. The highest BCUT2D eigenvalue weighted by Crippen LogP contribution is 2.35. The third kappa shape index (κ3) is 5.60. The molecule has 1 aliphatic rings. The lowest BCUT2D eigenvalue weighted by atomic mass is 10.1. The van der Waals surface area contributed by atoms with Gasteiger partial charge in [0.15, 0.2) is 0 Å². The number of hydrogen-bond acceptors (Lipinski definition) is 6. The number of urea groups is 1. The average molecular weight is 511 g/mol. The number of nitrogens with one attached hydrogen (secondary N) is 3. The average Bonchev–Trinajstić information content (AvgIpc) is 3.57. The van der Waals surface area contributed by atoms with E-state index in [9.17, 15) is 23.1 Å². The van der Waals surface area contributed by atoms with Crippen molar-refractivity contribution in [3.8, 4) is 0 Å². The molecule has 3 N–H and O–H groups in total. The monoisotopic (exact) mass is 511 g/mol. The first-order valence-electron chi connectivity index (χ1n) is 11.3. The van der Waals surface area contributed by atoms with Crippen molar-refractivity contribution < 1.29 is 32.3 Å². The third-order valence-corrected chi connectivity index (χ3v) is 5.70. The highest BCUT2D eigenvalue weighted by molar-refractivity contribution is 5.99. The van der Waals surface area contributed by atoms with Crippen LogP contribution in [0.1, 0.15) is 34.5 Å². The highest BCUT2D eigenvalue weighted by atomic mass is 19.4. The van der Waals surface area contributed by atoms with Crippen LogP contribution in [0, 0.1) is 0 Å². The van der Waals surface area contributed by atoms with Crippen molar-refractivity contribution in [3.63, 3.8) is 0 Å². The van der Waals surface area contributed by atoms with Crippen molar-refractivity contribution in [1.29, 1.82) is 0 Å². The molecular formula is C24H20F3N7O3. The molecule has 0 unspecified atom stereocenters. The lowest BCUT2D eigenvalue weighted by Crippen LogP contribution is -2.35. The van der Waals surface area contributed by atoms with E-state index < -0.39 is 23.7 Å². The topological polar surface area (TPSA) is 135 Å². The van der Waals surface area contributed by atoms with E-state index in [1.165, 1.54) is 16.9 Å². The quantitative estimate of drug-likeness (QED) is 0.207. The second kappa shape index (κ2) is 9.76. The van der Waals surface area contributed by atoms with Crippen molar-refractivity contribution in [2.45, 2.75) is 32.0 Å². The summed E-state index contributed by atoms with van der Waals surface area (Å²) in [5.41, 5.74) is 1.29. The summed E-state index contributed by atoms with van der Waals surface area (Å²) in [5, 5.41) is 21.1. The van der Waals surface area contributed by atoms with Gasteiger partial charge in [0.2, 0.25) is 11.8 Å². The Morgan fingerprint density at radius 2 is 2.08 bits per heavy atom. The zero-order valence-corrected chi connectivity index (χ0v) is 19.2. The Morgan fingerprint density at radius 3 is 2.86 bits per heavy atom. The summed E-state index contributed by atoms with van der Waals surface area (Å²) in [6, 6.07) is 7.16. The summed E-state index contributed by atoms with van der Waals surface area (Å²) in [5.74, 6) is -0.724. The van der Waals surface area contributed by atoms with Gasteiger partial charge in [-0.25, -0.2) is 4.79 Å². The second-order valence-corrected chi connectivity index (χ2v) is 8.37. The zero-order valence-electron chi connectivity index (χ0n) is 19.2. The molecule has 13 heteroatoms. The normalized spacial score (nSPS) is 13.4. The fourth-order valence-electron chi connectivity index (χ4n) is 4.07. The summed E-state index contributed by atoms with van der Waals surface area (Å²) in [4.78, 5) is 23.3. The van der Waals surface area contributed by atoms with Crippen molar-refractivity contribution in [2.75, 3.05) is 10.6 Å². The van der Waals surface area contributed by atoms with Gasteiger partial charge < -0.3 is 15.4 Å². The van der Waals surface area contributed by atoms with Gasteiger partial charge in [-0.3, -0.25) is 19.8 Å². The number of aromatic nitrogens is 4. The molecule has 0 atom stereocenters. The lowest BCUT2D eigenvalue weighted by molar-refractivity contribution is -0.755. The number of H-pyrrole nitrogens is 1. The minimum Gasteiger partial charge on any atom is -0.857 e. The van der Waals surface area contributed by atoms with E-state index in [0.29, 0.717) is 12.1 Å². The molecule has 10 nitrogen and oxygen atoms in total. The first-order valence-corrected chi connectivity index (χ1v) is 11.3. The number of nitrogens with zero attached hydrogens (tertiary/aromatic N) is 4. The number of anilines is 2. The van der Waals surface area contributed by atoms with Gasteiger partial charge >= 0.3 is 18.1 Å². The number of aliphatic imine (C=N–C) groups is 1. The van der Waals surface area contributed by atoms with Gasteiger partial charge in [0, 0.05) is 24.0 Å². The molecule has 3 aromatic heterocycles. The van der Waals surface area contributed by atoms with Crippen LogP contribution in [-0.2, 0) is 25.6 Å². The number of carbonyl (C=O) groups is 1. The van der Waals surface area contributed by atoms with Gasteiger partial charge in [0.1, 0.15) is 5.69 Å². The van der Waals surface area contributed by atoms with E-state index >= 15 is 0 Å². The number of aromatic amines is 1. The number of benzene rings is 1. The van der Waals surface area contributed by atoms with Crippen LogP contribution in [0.5, 0.6) is 0 Å². The number of amides is 2. The molecule has 0 fully saturated rings. The molecule has 3 heterocycles. The number of alkyl halides is 3. The highest BCUT2D eigenvalue weighted by Gasteiger charge is 2.31. The van der Waals surface area contributed by atoms with Gasteiger partial charge in [-0.15, -0.1) is 0 Å². The number of rotatable bonds is 6. The predicted molar refractivity (Wildman–Crippen MR) is 123 cm³/mol. The van der Waals surface area contributed by atoms with E-state index in [0.717, 1.165) is 36.1 Å². The fraction of sp³-hybridized carbons (Fsp3) is 0.208. The Morgan fingerprint density at radius 1 is 1.22 bits per heavy atom. The molecule has 0 radical (unpaired) electrons. The smallest absolute Gasteiger partial charge is 0.416 e. The Balaban J connectivity index is 1.33. The Hall–Kier alpha value is -4.68. The van der Waals surface area contributed by atoms with Crippen LogP contribution in [0.25, 0.3) is 0 Å². The molecule has 5 rings (SSSR count). The summed E-state index contributed by atoms with van der Waals surface area (Å²) in [6.45, 7) is 0.282. The van der Waals surface area contributed by atoms with Crippen LogP contribution < -0.4 is 20.4 Å². The number of hydrogen-bond donors (Lipinski definition) is 3. The zero-order chi connectivity index (χ0) is 26.0. The summed E-state index contributed by atoms with van der Waals surface area (Å²) in [7, 11) is 0. The summed E-state index contributed by atoms with van der Waals surface area (Å²) < 4.78 is 47.0. The minimum atomic E-state index is -4.73. The van der Waals surface area contributed by atoms with Gasteiger partial charge in [0.25, 0.3) is 6.20 Å². The third-order valence-electron chi connectivity index (χ3n) is 5.70. The number of fused-ring (bicyclic) bond motifs is 1. The minimum absolute atomic E-state index is 0.0407. The van der Waals surface area contributed by atoms with E-state index in [1.54, 1.807) is 24.5 Å². The van der Waals surface area contributed by atoms with E-state index in [1.807, 2.05) is 6.07 Å². The number of aryl methyl sites for hydroxylation is 1. The van der Waals surface area contributed by atoms with E-state index in [2.05, 4.69) is 30.9 Å². The molecule has 0 saturated heterocycles. The van der Waals surface area contributed by atoms with Gasteiger partial charge in [-0.1, -0.05) is 6.07 Å². The SMILES string of the molecule is O=C(Nc1cc(N=C([O-])c2[nH]cc3c2CCC3)cc(C(F)(F)F)c1)Nc1c[n+](Cc2ccccn2)no1. The molecule has 0 saturated carbocycles. The largest absolute Gasteiger partial charge is 0.857 e. The van der Waals surface area contributed by atoms with Crippen LogP contribution >= 0.6 is 0 Å². The van der Waals surface area contributed by atoms with E-state index in [4.69, 9.17) is 4.52 Å². The Bertz CT molecular complexity index is 1460. The first kappa shape index (κ1) is 24.0. The Labute approximate surface area is 207 Å². The summed E-state index contributed by atoms with van der Waals surface area (Å²) in [6.07, 6.45) is 2.45. The molecular weight excluding hydrogens is 491 g/mol. The summed E-state index contributed by atoms with van der Waals surface area (Å²) >= 11 is 0. The van der Waals surface area contributed by atoms with Gasteiger partial charge in [-0.05, 0) is 65.4 Å². The van der Waals surface area contributed by atoms with E-state index in [-0.39, 0.29) is 29.5 Å². The van der Waals surface area contributed by atoms with Crippen molar-refractivity contribution in [1.82, 2.24) is 15.2 Å². The molecule has 2 amide bonds. The molecule has 190 valence electrons. The molecule has 1 aliphatic carbocycles. The van der Waals surface area contributed by atoms with Gasteiger partial charge in [0.05, 0.1) is 16.9 Å². The number of halogens is 3. The number of pyridine rings is 1. The second-order valence-electron chi connectivity index (χ2n) is 8.37. The van der Waals surface area contributed by atoms with Crippen LogP contribution in [-0.4, -0.2) is 27.2 Å². The van der Waals surface area contributed by atoms with Crippen LogP contribution in [0.3, 0.4) is 0 Å². The lowest BCUT2D eigenvalue weighted by Gasteiger charge is -2.14. The van der Waals surface area contributed by atoms with Crippen LogP contribution in [0.15, 0.2) is 64.5 Å². The first-order chi connectivity index (χ1) is 17.7. The molecule has 0 aliphatic heterocycles. The van der Waals surface area contributed by atoms with Crippen LogP contribution in [0.2, 0.25) is 0 Å². The predicted octanol–water partition coefficient (Wildman–Crippen LogP) is 3.32. The maximum absolute atomic E-state index is 13.5. The standard InChI is InChI=1S/C24H20F3N7O3/c25-24(26,27)15-8-17(30-22(35)21-19-6-3-4-14(19)11-29-21)10-18(9-15)31-23(36)32-20-13-34(33-37-20)12-16-5-1-2-7-28-16/h1-2,5,7-11,13H,3-4,6,12H2,(H3-,29,30,31,32,33,35,36).